The molecule has 0 bridgehead atoms. The van der Waals surface area contributed by atoms with Gasteiger partial charge >= 0.3 is 11.9 Å². The molecule has 0 radical (unpaired) electrons. The second-order valence-corrected chi connectivity index (χ2v) is 18.3. The van der Waals surface area contributed by atoms with Gasteiger partial charge in [-0.2, -0.15) is 8.42 Å². The summed E-state index contributed by atoms with van der Waals surface area (Å²) < 4.78 is 54.0. The minimum atomic E-state index is -4.59. The lowest BCUT2D eigenvalue weighted by molar-refractivity contribution is -0.297. The summed E-state index contributed by atoms with van der Waals surface area (Å²) in [7, 11) is -4.59. The topological polar surface area (TPSA) is 186 Å². The molecule has 344 valence electrons. The van der Waals surface area contributed by atoms with Crippen LogP contribution in [0, 0.1) is 0 Å². The summed E-state index contributed by atoms with van der Waals surface area (Å²) in [6.07, 6.45) is 27.3. The Labute approximate surface area is 353 Å². The molecule has 1 saturated heterocycles. The van der Waals surface area contributed by atoms with Crippen molar-refractivity contribution in [3.8, 4) is 0 Å². The van der Waals surface area contributed by atoms with Gasteiger partial charge in [0.1, 0.15) is 36.8 Å². The summed E-state index contributed by atoms with van der Waals surface area (Å²) >= 11 is 0. The molecule has 0 aromatic carbocycles. The number of carbonyl (C=O) groups is 2. The number of hydrogen-bond acceptors (Lipinski definition) is 11. The number of aliphatic hydroxyl groups is 3. The third kappa shape index (κ3) is 30.6. The maximum atomic E-state index is 12.8. The van der Waals surface area contributed by atoms with Crippen LogP contribution in [0.5, 0.6) is 0 Å². The lowest BCUT2D eigenvalue weighted by Crippen LogP contribution is -2.60. The van der Waals surface area contributed by atoms with Gasteiger partial charge in [0.25, 0.3) is 10.1 Å². The van der Waals surface area contributed by atoms with Gasteiger partial charge in [-0.15, -0.1) is 0 Å². The highest BCUT2D eigenvalue weighted by atomic mass is 32.2. The summed E-state index contributed by atoms with van der Waals surface area (Å²) in [5.74, 6) is -1.96. The van der Waals surface area contributed by atoms with Crippen molar-refractivity contribution in [1.29, 1.82) is 0 Å². The van der Waals surface area contributed by atoms with E-state index in [0.29, 0.717) is 12.8 Å². The van der Waals surface area contributed by atoms with Crippen LogP contribution in [-0.2, 0) is 38.7 Å². The van der Waals surface area contributed by atoms with E-state index in [4.69, 9.17) is 18.9 Å². The van der Waals surface area contributed by atoms with E-state index in [2.05, 4.69) is 13.8 Å². The van der Waals surface area contributed by atoms with Gasteiger partial charge in [0, 0.05) is 12.8 Å². The molecule has 1 aliphatic rings. The molecule has 4 N–H and O–H groups in total. The fraction of sp³-hybridized carbons (Fsp3) is 0.956. The highest BCUT2D eigenvalue weighted by Gasteiger charge is 2.46. The Kier molecular flexibility index (Phi) is 34.2. The zero-order chi connectivity index (χ0) is 42.7. The first-order chi connectivity index (χ1) is 28.0. The van der Waals surface area contributed by atoms with Gasteiger partial charge in [-0.3, -0.25) is 14.1 Å². The van der Waals surface area contributed by atoms with Crippen LogP contribution in [0.15, 0.2) is 0 Å². The number of carbonyl (C=O) groups excluding carboxylic acids is 2. The van der Waals surface area contributed by atoms with Gasteiger partial charge in [-0.25, -0.2) is 0 Å². The number of ether oxygens (including phenoxy) is 4. The average molecular weight is 851 g/mol. The predicted octanol–water partition coefficient (Wildman–Crippen LogP) is 9.68. The van der Waals surface area contributed by atoms with Crippen molar-refractivity contribution in [2.45, 2.75) is 256 Å². The minimum absolute atomic E-state index is 0.171. The monoisotopic (exact) mass is 851 g/mol. The molecule has 0 aromatic heterocycles. The SMILES string of the molecule is CCCCCCCCCCCCCCCCCCCCCCC(=O)OC[C@H](CO[C@H]1O[C@H](CS(=O)(=O)O)[C@@H](O)C(O)C1O)OC(=O)CCCCCCCCCCCC. The van der Waals surface area contributed by atoms with E-state index in [9.17, 15) is 37.9 Å². The van der Waals surface area contributed by atoms with Crippen molar-refractivity contribution in [2.75, 3.05) is 19.0 Å². The van der Waals surface area contributed by atoms with Crippen LogP contribution < -0.4 is 0 Å². The number of aliphatic hydroxyl groups excluding tert-OH is 3. The van der Waals surface area contributed by atoms with E-state index in [-0.39, 0.29) is 19.4 Å². The number of esters is 2. The van der Waals surface area contributed by atoms with E-state index in [1.54, 1.807) is 0 Å². The fourth-order valence-electron chi connectivity index (χ4n) is 7.50. The summed E-state index contributed by atoms with van der Waals surface area (Å²) in [5.41, 5.74) is 0. The molecule has 6 atom stereocenters. The van der Waals surface area contributed by atoms with E-state index >= 15 is 0 Å². The number of unbranched alkanes of at least 4 members (excludes halogenated alkanes) is 28. The van der Waals surface area contributed by atoms with Crippen molar-refractivity contribution >= 4 is 22.1 Å². The molecule has 0 aliphatic carbocycles. The van der Waals surface area contributed by atoms with Crippen molar-refractivity contribution < 1.29 is 56.8 Å². The van der Waals surface area contributed by atoms with E-state index in [1.807, 2.05) is 0 Å². The molecule has 1 heterocycles. The van der Waals surface area contributed by atoms with Crippen molar-refractivity contribution in [3.63, 3.8) is 0 Å². The Morgan fingerprint density at radius 1 is 0.517 bits per heavy atom. The maximum Gasteiger partial charge on any atom is 0.306 e. The van der Waals surface area contributed by atoms with Crippen LogP contribution in [-0.4, -0.2) is 96.0 Å². The van der Waals surface area contributed by atoms with Gasteiger partial charge in [-0.05, 0) is 12.8 Å². The molecule has 0 amide bonds. The minimum Gasteiger partial charge on any atom is -0.462 e. The van der Waals surface area contributed by atoms with Crippen LogP contribution in [0.4, 0.5) is 0 Å². The Morgan fingerprint density at radius 3 is 1.26 bits per heavy atom. The summed E-state index contributed by atoms with van der Waals surface area (Å²) in [4.78, 5) is 25.4. The molecular weight excluding hydrogens is 765 g/mol. The molecule has 1 aliphatic heterocycles. The van der Waals surface area contributed by atoms with E-state index < -0.39 is 71.2 Å². The van der Waals surface area contributed by atoms with Crippen molar-refractivity contribution in [3.05, 3.63) is 0 Å². The fourth-order valence-corrected chi connectivity index (χ4v) is 8.19. The Hall–Kier alpha value is -1.35. The Balaban J connectivity index is 2.34. The van der Waals surface area contributed by atoms with Gasteiger partial charge in [0.05, 0.1) is 6.61 Å². The maximum absolute atomic E-state index is 12.8. The quantitative estimate of drug-likeness (QED) is 0.0260. The second-order valence-electron chi connectivity index (χ2n) is 16.8. The van der Waals surface area contributed by atoms with Gasteiger partial charge in [0.15, 0.2) is 12.4 Å². The Bertz CT molecular complexity index is 1090. The van der Waals surface area contributed by atoms with Crippen LogP contribution in [0.2, 0.25) is 0 Å². The van der Waals surface area contributed by atoms with Crippen LogP contribution in [0.1, 0.15) is 219 Å². The normalized spacial score (nSPS) is 20.3. The van der Waals surface area contributed by atoms with Crippen LogP contribution >= 0.6 is 0 Å². The molecular formula is C45H86O12S. The smallest absolute Gasteiger partial charge is 0.306 e. The summed E-state index contributed by atoms with van der Waals surface area (Å²) in [6.45, 7) is 3.77. The molecule has 13 heteroatoms. The molecule has 0 aromatic rings. The van der Waals surface area contributed by atoms with Gasteiger partial charge < -0.3 is 34.3 Å². The van der Waals surface area contributed by atoms with Crippen molar-refractivity contribution in [1.82, 2.24) is 0 Å². The number of rotatable bonds is 40. The summed E-state index contributed by atoms with van der Waals surface area (Å²) in [5, 5.41) is 30.8. The van der Waals surface area contributed by atoms with Crippen LogP contribution in [0.3, 0.4) is 0 Å². The first kappa shape index (κ1) is 54.7. The second kappa shape index (κ2) is 36.3. The molecule has 1 fully saturated rings. The highest BCUT2D eigenvalue weighted by Crippen LogP contribution is 2.24. The van der Waals surface area contributed by atoms with Crippen molar-refractivity contribution in [2.24, 2.45) is 0 Å². The molecule has 0 spiro atoms. The zero-order valence-corrected chi connectivity index (χ0v) is 37.5. The first-order valence-corrected chi connectivity index (χ1v) is 25.2. The van der Waals surface area contributed by atoms with Gasteiger partial charge in [0.2, 0.25) is 0 Å². The number of hydrogen-bond donors (Lipinski definition) is 4. The third-order valence-corrected chi connectivity index (χ3v) is 11.9. The Morgan fingerprint density at radius 2 is 0.879 bits per heavy atom. The lowest BCUT2D eigenvalue weighted by Gasteiger charge is -2.40. The van der Waals surface area contributed by atoms with Gasteiger partial charge in [-0.1, -0.05) is 194 Å². The largest absolute Gasteiger partial charge is 0.462 e. The first-order valence-electron chi connectivity index (χ1n) is 23.6. The molecule has 1 rings (SSSR count). The van der Waals surface area contributed by atoms with E-state index in [1.165, 1.54) is 141 Å². The van der Waals surface area contributed by atoms with E-state index in [0.717, 1.165) is 38.5 Å². The third-order valence-electron chi connectivity index (χ3n) is 11.2. The standard InChI is InChI=1S/C45H86O12S/c1-3-5-7-9-11-13-15-16-17-18-19-20-21-22-23-24-26-27-29-31-33-40(46)54-35-38(56-41(47)34-32-30-28-25-14-12-10-8-6-4-2)36-55-45-44(50)43(49)42(48)39(57-45)37-58(51,52)53/h38-39,42-45,48-50H,3-37H2,1-2H3,(H,51,52,53)/t38-,39-,42-,43?,44?,45+/m1/s1. The summed E-state index contributed by atoms with van der Waals surface area (Å²) in [6, 6.07) is 0. The van der Waals surface area contributed by atoms with Crippen LogP contribution in [0.25, 0.3) is 0 Å². The molecule has 2 unspecified atom stereocenters. The molecule has 0 saturated carbocycles. The zero-order valence-electron chi connectivity index (χ0n) is 36.7. The highest BCUT2D eigenvalue weighted by molar-refractivity contribution is 7.85. The molecule has 12 nitrogen and oxygen atoms in total. The lowest BCUT2D eigenvalue weighted by atomic mass is 10.00. The average Bonchev–Trinajstić information content (AvgIpc) is 3.18. The molecule has 58 heavy (non-hydrogen) atoms. The predicted molar refractivity (Wildman–Crippen MR) is 229 cm³/mol.